The summed E-state index contributed by atoms with van der Waals surface area (Å²) >= 11 is 0. The lowest BCUT2D eigenvalue weighted by atomic mass is 10.2. The van der Waals surface area contributed by atoms with E-state index in [-0.39, 0.29) is 11.5 Å². The maximum absolute atomic E-state index is 11.5. The number of carbonyl (C=O) groups is 1. The molecule has 1 amide bonds. The first kappa shape index (κ1) is 14.5. The van der Waals surface area contributed by atoms with Crippen molar-refractivity contribution in [3.63, 3.8) is 0 Å². The molecule has 1 rings (SSSR count). The molecule has 0 aliphatic rings. The minimum Gasteiger partial charge on any atom is -0.488 e. The summed E-state index contributed by atoms with van der Waals surface area (Å²) in [6.45, 7) is 6.52. The molecule has 0 radical (unpaired) electrons. The summed E-state index contributed by atoms with van der Waals surface area (Å²) in [7, 11) is 0. The average molecular weight is 250 g/mol. The Balaban J connectivity index is 2.52. The lowest BCUT2D eigenvalue weighted by Gasteiger charge is -2.21. The van der Waals surface area contributed by atoms with E-state index in [4.69, 9.17) is 10.5 Å². The van der Waals surface area contributed by atoms with Gasteiger partial charge in [-0.2, -0.15) is 0 Å². The van der Waals surface area contributed by atoms with E-state index in [9.17, 15) is 4.79 Å². The van der Waals surface area contributed by atoms with Gasteiger partial charge in [0, 0.05) is 12.1 Å². The van der Waals surface area contributed by atoms with E-state index < -0.39 is 0 Å². The molecule has 0 aliphatic heterocycles. The van der Waals surface area contributed by atoms with Gasteiger partial charge in [0.1, 0.15) is 11.4 Å². The lowest BCUT2D eigenvalue weighted by molar-refractivity contribution is -0.116. The Labute approximate surface area is 109 Å². The summed E-state index contributed by atoms with van der Waals surface area (Å²) in [5, 5.41) is 2.82. The van der Waals surface area contributed by atoms with Gasteiger partial charge in [-0.15, -0.1) is 0 Å². The van der Waals surface area contributed by atoms with Gasteiger partial charge >= 0.3 is 0 Å². The number of rotatable bonds is 5. The average Bonchev–Trinajstić information content (AvgIpc) is 2.27. The minimum absolute atomic E-state index is 0.00932. The van der Waals surface area contributed by atoms with Gasteiger partial charge in [0.15, 0.2) is 0 Å². The minimum atomic E-state index is -0.216. The van der Waals surface area contributed by atoms with Crippen LogP contribution < -0.4 is 15.8 Å². The number of hydrogen-bond donors (Lipinski definition) is 2. The standard InChI is InChI=1S/C14H22N2O2/c1-14(2,3)18-12-8-6-11(7-9-12)16-13(17)5-4-10-15/h6-9H,4-5,10,15H2,1-3H3,(H,16,17). The second-order valence-electron chi connectivity index (χ2n) is 5.18. The van der Waals surface area contributed by atoms with Crippen molar-refractivity contribution in [2.75, 3.05) is 11.9 Å². The molecule has 4 heteroatoms. The highest BCUT2D eigenvalue weighted by Gasteiger charge is 2.11. The summed E-state index contributed by atoms with van der Waals surface area (Å²) < 4.78 is 5.70. The molecule has 0 unspecified atom stereocenters. The third-order valence-electron chi connectivity index (χ3n) is 2.17. The van der Waals surface area contributed by atoms with Gasteiger partial charge in [0.05, 0.1) is 0 Å². The number of hydrogen-bond acceptors (Lipinski definition) is 3. The SMILES string of the molecule is CC(C)(C)Oc1ccc(NC(=O)CCCN)cc1. The molecule has 0 fully saturated rings. The Morgan fingerprint density at radius 2 is 1.89 bits per heavy atom. The van der Waals surface area contributed by atoms with Crippen molar-refractivity contribution >= 4 is 11.6 Å². The molecule has 4 nitrogen and oxygen atoms in total. The van der Waals surface area contributed by atoms with E-state index in [1.54, 1.807) is 0 Å². The highest BCUT2D eigenvalue weighted by atomic mass is 16.5. The van der Waals surface area contributed by atoms with E-state index in [0.29, 0.717) is 19.4 Å². The van der Waals surface area contributed by atoms with Crippen LogP contribution in [0.2, 0.25) is 0 Å². The lowest BCUT2D eigenvalue weighted by Crippen LogP contribution is -2.22. The molecule has 0 saturated heterocycles. The monoisotopic (exact) mass is 250 g/mol. The van der Waals surface area contributed by atoms with Crippen LogP contribution in [-0.4, -0.2) is 18.1 Å². The Morgan fingerprint density at radius 1 is 1.28 bits per heavy atom. The van der Waals surface area contributed by atoms with Crippen molar-refractivity contribution in [3.05, 3.63) is 24.3 Å². The summed E-state index contributed by atoms with van der Waals surface area (Å²) in [5.41, 5.74) is 5.91. The van der Waals surface area contributed by atoms with Crippen molar-refractivity contribution < 1.29 is 9.53 Å². The molecule has 1 aromatic carbocycles. The van der Waals surface area contributed by atoms with Crippen LogP contribution in [0.1, 0.15) is 33.6 Å². The number of carbonyl (C=O) groups excluding carboxylic acids is 1. The third-order valence-corrected chi connectivity index (χ3v) is 2.17. The van der Waals surface area contributed by atoms with E-state index in [1.165, 1.54) is 0 Å². The molecule has 100 valence electrons. The number of nitrogens with two attached hydrogens (primary N) is 1. The number of amides is 1. The predicted octanol–water partition coefficient (Wildman–Crippen LogP) is 2.54. The molecule has 0 aliphatic carbocycles. The van der Waals surface area contributed by atoms with Gasteiger partial charge in [-0.05, 0) is 58.0 Å². The fourth-order valence-electron chi connectivity index (χ4n) is 1.45. The molecular weight excluding hydrogens is 228 g/mol. The number of benzene rings is 1. The second kappa shape index (κ2) is 6.40. The number of anilines is 1. The molecule has 0 atom stereocenters. The largest absolute Gasteiger partial charge is 0.488 e. The van der Waals surface area contributed by atoms with E-state index >= 15 is 0 Å². The molecule has 0 heterocycles. The summed E-state index contributed by atoms with van der Waals surface area (Å²) in [4.78, 5) is 11.5. The fourth-order valence-corrected chi connectivity index (χ4v) is 1.45. The maximum atomic E-state index is 11.5. The van der Waals surface area contributed by atoms with Crippen LogP contribution in [-0.2, 0) is 4.79 Å². The van der Waals surface area contributed by atoms with Crippen molar-refractivity contribution in [3.8, 4) is 5.75 Å². The molecule has 0 spiro atoms. The van der Waals surface area contributed by atoms with Crippen LogP contribution >= 0.6 is 0 Å². The van der Waals surface area contributed by atoms with Gasteiger partial charge < -0.3 is 15.8 Å². The molecule has 0 bridgehead atoms. The molecule has 3 N–H and O–H groups in total. The normalized spacial score (nSPS) is 11.1. The Hall–Kier alpha value is -1.55. The van der Waals surface area contributed by atoms with E-state index in [1.807, 2.05) is 45.0 Å². The van der Waals surface area contributed by atoms with Gasteiger partial charge in [0.25, 0.3) is 0 Å². The van der Waals surface area contributed by atoms with Crippen LogP contribution in [0.4, 0.5) is 5.69 Å². The molecule has 0 saturated carbocycles. The van der Waals surface area contributed by atoms with Crippen LogP contribution in [0.5, 0.6) is 5.75 Å². The quantitative estimate of drug-likeness (QED) is 0.844. The topological polar surface area (TPSA) is 64.3 Å². The molecule has 0 aromatic heterocycles. The summed E-state index contributed by atoms with van der Waals surface area (Å²) in [5.74, 6) is 0.785. The van der Waals surface area contributed by atoms with Crippen LogP contribution in [0.3, 0.4) is 0 Å². The Kier molecular flexibility index (Phi) is 5.16. The molecule has 18 heavy (non-hydrogen) atoms. The molecular formula is C14H22N2O2. The summed E-state index contributed by atoms with van der Waals surface area (Å²) in [6, 6.07) is 7.37. The van der Waals surface area contributed by atoms with Crippen LogP contribution in [0.25, 0.3) is 0 Å². The van der Waals surface area contributed by atoms with Crippen molar-refractivity contribution in [2.45, 2.75) is 39.2 Å². The number of nitrogens with one attached hydrogen (secondary N) is 1. The highest BCUT2D eigenvalue weighted by molar-refractivity contribution is 5.90. The molecule has 1 aromatic rings. The van der Waals surface area contributed by atoms with Gasteiger partial charge in [-0.3, -0.25) is 4.79 Å². The van der Waals surface area contributed by atoms with Crippen molar-refractivity contribution in [1.82, 2.24) is 0 Å². The van der Waals surface area contributed by atoms with E-state index in [0.717, 1.165) is 11.4 Å². The smallest absolute Gasteiger partial charge is 0.224 e. The van der Waals surface area contributed by atoms with Gasteiger partial charge in [0.2, 0.25) is 5.91 Å². The highest BCUT2D eigenvalue weighted by Crippen LogP contribution is 2.20. The van der Waals surface area contributed by atoms with Gasteiger partial charge in [-0.1, -0.05) is 0 Å². The van der Waals surface area contributed by atoms with Crippen LogP contribution in [0, 0.1) is 0 Å². The first-order valence-electron chi connectivity index (χ1n) is 6.20. The maximum Gasteiger partial charge on any atom is 0.224 e. The zero-order valence-electron chi connectivity index (χ0n) is 11.3. The first-order valence-corrected chi connectivity index (χ1v) is 6.20. The summed E-state index contributed by atoms with van der Waals surface area (Å²) in [6.07, 6.45) is 1.16. The van der Waals surface area contributed by atoms with Crippen molar-refractivity contribution in [2.24, 2.45) is 5.73 Å². The number of ether oxygens (including phenoxy) is 1. The fraction of sp³-hybridized carbons (Fsp3) is 0.500. The predicted molar refractivity (Wildman–Crippen MR) is 73.7 cm³/mol. The van der Waals surface area contributed by atoms with E-state index in [2.05, 4.69) is 5.32 Å². The zero-order chi connectivity index (χ0) is 13.6. The Bertz CT molecular complexity index is 380. The second-order valence-corrected chi connectivity index (χ2v) is 5.18. The first-order chi connectivity index (χ1) is 8.40. The van der Waals surface area contributed by atoms with Crippen molar-refractivity contribution in [1.29, 1.82) is 0 Å². The van der Waals surface area contributed by atoms with Crippen LogP contribution in [0.15, 0.2) is 24.3 Å². The van der Waals surface area contributed by atoms with Gasteiger partial charge in [-0.25, -0.2) is 0 Å². The Morgan fingerprint density at radius 3 is 2.39 bits per heavy atom. The third kappa shape index (κ3) is 5.68. The zero-order valence-corrected chi connectivity index (χ0v) is 11.3.